The van der Waals surface area contributed by atoms with Gasteiger partial charge in [0.05, 0.1) is 5.75 Å². The van der Waals surface area contributed by atoms with Gasteiger partial charge in [-0.1, -0.05) is 41.6 Å². The van der Waals surface area contributed by atoms with Crippen LogP contribution in [0.1, 0.15) is 11.1 Å². The summed E-state index contributed by atoms with van der Waals surface area (Å²) in [7, 11) is 0. The second-order valence-corrected chi connectivity index (χ2v) is 8.25. The minimum absolute atomic E-state index is 0.0363. The number of anilines is 1. The van der Waals surface area contributed by atoms with Crippen molar-refractivity contribution >= 4 is 35.1 Å². The number of thioether (sulfide) groups is 1. The third-order valence-corrected chi connectivity index (χ3v) is 5.72. The topological polar surface area (TPSA) is 85.4 Å². The van der Waals surface area contributed by atoms with Gasteiger partial charge in [0.1, 0.15) is 10.8 Å². The fourth-order valence-electron chi connectivity index (χ4n) is 2.92. The molecule has 1 aromatic heterocycles. The number of aromatic nitrogens is 2. The minimum atomic E-state index is -0.0363. The molecule has 2 aromatic carbocycles. The Kier molecular flexibility index (Phi) is 7.11. The average molecular weight is 457 g/mol. The van der Waals surface area contributed by atoms with Crippen LogP contribution >= 0.6 is 23.4 Å². The molecule has 0 unspecified atom stereocenters. The molecule has 1 aliphatic heterocycles. The molecule has 0 fully saturated rings. The highest BCUT2D eigenvalue weighted by molar-refractivity contribution is 7.99. The van der Waals surface area contributed by atoms with Gasteiger partial charge < -0.3 is 20.1 Å². The van der Waals surface area contributed by atoms with Gasteiger partial charge in [-0.25, -0.2) is 0 Å². The highest BCUT2D eigenvalue weighted by Gasteiger charge is 2.13. The quantitative estimate of drug-likeness (QED) is 0.472. The Bertz CT molecular complexity index is 1030. The van der Waals surface area contributed by atoms with Gasteiger partial charge in [0.15, 0.2) is 11.5 Å². The van der Waals surface area contributed by atoms with Crippen molar-refractivity contribution < 1.29 is 14.3 Å². The van der Waals surface area contributed by atoms with E-state index in [1.165, 1.54) is 11.8 Å². The fraction of sp³-hybridized carbons (Fsp3) is 0.227. The number of hydrogen-bond donors (Lipinski definition) is 2. The van der Waals surface area contributed by atoms with E-state index < -0.39 is 0 Å². The van der Waals surface area contributed by atoms with E-state index in [9.17, 15) is 4.79 Å². The fourth-order valence-corrected chi connectivity index (χ4v) is 3.69. The van der Waals surface area contributed by atoms with E-state index in [1.807, 2.05) is 54.6 Å². The van der Waals surface area contributed by atoms with Gasteiger partial charge in [0.2, 0.25) is 12.7 Å². The number of rotatable bonds is 9. The van der Waals surface area contributed by atoms with Crippen LogP contribution in [-0.2, 0) is 17.8 Å². The molecule has 0 saturated carbocycles. The molecular formula is C22H21ClN4O3S. The Morgan fingerprint density at radius 2 is 1.81 bits per heavy atom. The number of nitrogens with one attached hydrogen (secondary N) is 2. The van der Waals surface area contributed by atoms with Crippen molar-refractivity contribution in [1.29, 1.82) is 0 Å². The summed E-state index contributed by atoms with van der Waals surface area (Å²) in [5.41, 5.74) is 2.19. The second kappa shape index (κ2) is 10.4. The zero-order valence-corrected chi connectivity index (χ0v) is 18.2. The van der Waals surface area contributed by atoms with Crippen molar-refractivity contribution in [3.05, 3.63) is 70.7 Å². The summed E-state index contributed by atoms with van der Waals surface area (Å²) in [5.74, 6) is 2.43. The molecule has 0 aliphatic carbocycles. The predicted molar refractivity (Wildman–Crippen MR) is 121 cm³/mol. The van der Waals surface area contributed by atoms with Crippen LogP contribution in [0.4, 0.5) is 5.82 Å². The highest BCUT2D eigenvalue weighted by Crippen LogP contribution is 2.32. The van der Waals surface area contributed by atoms with E-state index in [0.717, 1.165) is 29.0 Å². The molecule has 1 aliphatic rings. The van der Waals surface area contributed by atoms with Crippen molar-refractivity contribution in [3.63, 3.8) is 0 Å². The summed E-state index contributed by atoms with van der Waals surface area (Å²) >= 11 is 7.23. The molecule has 2 heterocycles. The molecule has 0 atom stereocenters. The number of ether oxygens (including phenoxy) is 2. The Balaban J connectivity index is 1.17. The Labute approximate surface area is 189 Å². The first-order chi connectivity index (χ1) is 15.2. The van der Waals surface area contributed by atoms with Crippen molar-refractivity contribution in [2.24, 2.45) is 0 Å². The zero-order valence-electron chi connectivity index (χ0n) is 16.6. The molecule has 31 heavy (non-hydrogen) atoms. The molecule has 0 radical (unpaired) electrons. The Morgan fingerprint density at radius 3 is 2.61 bits per heavy atom. The van der Waals surface area contributed by atoms with Gasteiger partial charge in [-0.2, -0.15) is 0 Å². The van der Waals surface area contributed by atoms with Crippen molar-refractivity contribution in [1.82, 2.24) is 15.5 Å². The third kappa shape index (κ3) is 6.26. The minimum Gasteiger partial charge on any atom is -0.454 e. The largest absolute Gasteiger partial charge is 0.454 e. The van der Waals surface area contributed by atoms with Crippen LogP contribution in [0.25, 0.3) is 0 Å². The van der Waals surface area contributed by atoms with Gasteiger partial charge in [-0.3, -0.25) is 4.79 Å². The maximum absolute atomic E-state index is 12.0. The van der Waals surface area contributed by atoms with Gasteiger partial charge >= 0.3 is 0 Å². The molecule has 0 saturated heterocycles. The van der Waals surface area contributed by atoms with Crippen LogP contribution in [0.15, 0.2) is 59.6 Å². The van der Waals surface area contributed by atoms with E-state index >= 15 is 0 Å². The molecule has 1 amide bonds. The summed E-state index contributed by atoms with van der Waals surface area (Å²) in [6.07, 6.45) is 0.761. The van der Waals surface area contributed by atoms with Crippen LogP contribution in [-0.4, -0.2) is 35.2 Å². The average Bonchev–Trinajstić information content (AvgIpc) is 3.26. The molecule has 9 heteroatoms. The number of halogens is 1. The summed E-state index contributed by atoms with van der Waals surface area (Å²) < 4.78 is 10.7. The lowest BCUT2D eigenvalue weighted by Gasteiger charge is -2.07. The Morgan fingerprint density at radius 1 is 1.00 bits per heavy atom. The SMILES string of the molecule is O=C(CSc1ccc(NCc2ccc3c(c2)OCO3)nn1)NCCc1ccc(Cl)cc1. The lowest BCUT2D eigenvalue weighted by Crippen LogP contribution is -2.27. The third-order valence-electron chi connectivity index (χ3n) is 4.55. The molecule has 4 rings (SSSR count). The van der Waals surface area contributed by atoms with E-state index in [4.69, 9.17) is 21.1 Å². The normalized spacial score (nSPS) is 11.9. The van der Waals surface area contributed by atoms with E-state index in [0.29, 0.717) is 34.7 Å². The summed E-state index contributed by atoms with van der Waals surface area (Å²) in [6.45, 7) is 1.43. The van der Waals surface area contributed by atoms with E-state index in [1.54, 1.807) is 0 Å². The molecule has 7 nitrogen and oxygen atoms in total. The number of nitrogens with zero attached hydrogens (tertiary/aromatic N) is 2. The van der Waals surface area contributed by atoms with Crippen molar-refractivity contribution in [2.45, 2.75) is 18.0 Å². The smallest absolute Gasteiger partial charge is 0.231 e. The maximum atomic E-state index is 12.0. The number of hydrogen-bond acceptors (Lipinski definition) is 7. The Hall–Kier alpha value is -2.97. The first kappa shape index (κ1) is 21.3. The lowest BCUT2D eigenvalue weighted by molar-refractivity contribution is -0.118. The zero-order chi connectivity index (χ0) is 21.5. The van der Waals surface area contributed by atoms with Crippen molar-refractivity contribution in [3.8, 4) is 11.5 Å². The van der Waals surface area contributed by atoms with E-state index in [-0.39, 0.29) is 12.7 Å². The standard InChI is InChI=1S/C22H21ClN4O3S/c23-17-4-1-15(2-5-17)9-10-24-21(28)13-31-22-8-7-20(26-27-22)25-12-16-3-6-18-19(11-16)30-14-29-18/h1-8,11H,9-10,12-14H2,(H,24,28)(H,25,26). The maximum Gasteiger partial charge on any atom is 0.231 e. The lowest BCUT2D eigenvalue weighted by atomic mass is 10.1. The first-order valence-electron chi connectivity index (χ1n) is 9.76. The summed E-state index contributed by atoms with van der Waals surface area (Å²) in [4.78, 5) is 12.0. The molecule has 0 spiro atoms. The van der Waals surface area contributed by atoms with Crippen LogP contribution < -0.4 is 20.1 Å². The van der Waals surface area contributed by atoms with Crippen LogP contribution in [0, 0.1) is 0 Å². The number of benzene rings is 2. The van der Waals surface area contributed by atoms with Crippen LogP contribution in [0.2, 0.25) is 5.02 Å². The molecule has 160 valence electrons. The van der Waals surface area contributed by atoms with Crippen LogP contribution in [0.3, 0.4) is 0 Å². The number of amides is 1. The van der Waals surface area contributed by atoms with Gasteiger partial charge in [-0.15, -0.1) is 10.2 Å². The van der Waals surface area contributed by atoms with Gasteiger partial charge in [-0.05, 0) is 53.9 Å². The number of fused-ring (bicyclic) bond motifs is 1. The predicted octanol–water partition coefficient (Wildman–Crippen LogP) is 3.92. The molecular weight excluding hydrogens is 436 g/mol. The molecule has 0 bridgehead atoms. The van der Waals surface area contributed by atoms with Crippen LogP contribution in [0.5, 0.6) is 11.5 Å². The first-order valence-corrected chi connectivity index (χ1v) is 11.1. The van der Waals surface area contributed by atoms with E-state index in [2.05, 4.69) is 20.8 Å². The summed E-state index contributed by atoms with van der Waals surface area (Å²) in [6, 6.07) is 17.1. The monoisotopic (exact) mass is 456 g/mol. The highest BCUT2D eigenvalue weighted by atomic mass is 35.5. The summed E-state index contributed by atoms with van der Waals surface area (Å²) in [5, 5.41) is 15.9. The number of carbonyl (C=O) groups is 1. The molecule has 2 N–H and O–H groups in total. The van der Waals surface area contributed by atoms with Gasteiger partial charge in [0.25, 0.3) is 0 Å². The second-order valence-electron chi connectivity index (χ2n) is 6.81. The van der Waals surface area contributed by atoms with Crippen molar-refractivity contribution in [2.75, 3.05) is 24.4 Å². The van der Waals surface area contributed by atoms with Gasteiger partial charge in [0, 0.05) is 18.1 Å². The molecule has 3 aromatic rings. The number of carbonyl (C=O) groups excluding carboxylic acids is 1.